The lowest BCUT2D eigenvalue weighted by Gasteiger charge is -2.32. The molecule has 0 saturated heterocycles. The Balaban J connectivity index is 1.50. The highest BCUT2D eigenvalue weighted by atomic mass is 32.1. The van der Waals surface area contributed by atoms with Crippen molar-refractivity contribution in [3.8, 4) is 0 Å². The highest BCUT2D eigenvalue weighted by molar-refractivity contribution is 7.09. The molecule has 1 fully saturated rings. The molecule has 0 spiro atoms. The van der Waals surface area contributed by atoms with Gasteiger partial charge in [-0.25, -0.2) is 9.97 Å². The van der Waals surface area contributed by atoms with Gasteiger partial charge in [0.2, 0.25) is 0 Å². The van der Waals surface area contributed by atoms with Crippen LogP contribution < -0.4 is 10.6 Å². The van der Waals surface area contributed by atoms with Crippen molar-refractivity contribution in [3.05, 3.63) is 33.2 Å². The lowest BCUT2D eigenvalue weighted by molar-refractivity contribution is 0.281. The average Bonchev–Trinajstić information content (AvgIpc) is 3.17. The molecule has 0 unspecified atom stereocenters. The quantitative estimate of drug-likeness (QED) is 0.861. The second kappa shape index (κ2) is 7.26. The molecule has 2 aromatic rings. The van der Waals surface area contributed by atoms with Gasteiger partial charge in [-0.05, 0) is 12.8 Å². The van der Waals surface area contributed by atoms with E-state index in [2.05, 4.69) is 20.6 Å². The number of nitrogens with one attached hydrogen (secondary N) is 2. The number of hydrogen-bond acceptors (Lipinski definition) is 6. The van der Waals surface area contributed by atoms with Gasteiger partial charge in [0.05, 0.1) is 0 Å². The summed E-state index contributed by atoms with van der Waals surface area (Å²) < 4.78 is 0. The first-order valence-electron chi connectivity index (χ1n) is 7.15. The Morgan fingerprint density at radius 1 is 0.900 bits per heavy atom. The molecule has 3 rings (SSSR count). The lowest BCUT2D eigenvalue weighted by Crippen LogP contribution is -2.49. The van der Waals surface area contributed by atoms with Gasteiger partial charge in [0.15, 0.2) is 0 Å². The summed E-state index contributed by atoms with van der Waals surface area (Å²) in [6.45, 7) is 1.77. The van der Waals surface area contributed by atoms with E-state index in [-0.39, 0.29) is 0 Å². The molecule has 1 aliphatic rings. The summed E-state index contributed by atoms with van der Waals surface area (Å²) in [5.74, 6) is 0. The fourth-order valence-electron chi connectivity index (χ4n) is 2.74. The van der Waals surface area contributed by atoms with Crippen molar-refractivity contribution in [2.75, 3.05) is 0 Å². The number of hydrogen-bond donors (Lipinski definition) is 2. The van der Waals surface area contributed by atoms with Crippen molar-refractivity contribution in [1.29, 1.82) is 0 Å². The summed E-state index contributed by atoms with van der Waals surface area (Å²) in [4.78, 5) is 8.68. The molecule has 4 nitrogen and oxygen atoms in total. The predicted octanol–water partition coefficient (Wildman–Crippen LogP) is 2.79. The molecule has 0 radical (unpaired) electrons. The van der Waals surface area contributed by atoms with Crippen LogP contribution in [0.4, 0.5) is 0 Å². The number of thiazole rings is 2. The standard InChI is InChI=1S/C14H20N4S2/c1-2-4-12(18-10-14-16-6-8-20-14)11(3-1)17-9-13-15-5-7-19-13/h5-8,11-12,17-18H,1-4,9-10H2/t11-,12-/m0/s1. The van der Waals surface area contributed by atoms with Crippen LogP contribution in [0.5, 0.6) is 0 Å². The Hall–Kier alpha value is -0.820. The molecule has 2 heterocycles. The molecule has 0 amide bonds. The van der Waals surface area contributed by atoms with E-state index in [1.807, 2.05) is 23.2 Å². The maximum atomic E-state index is 4.34. The zero-order valence-electron chi connectivity index (χ0n) is 11.4. The Kier molecular flexibility index (Phi) is 5.13. The van der Waals surface area contributed by atoms with E-state index in [1.165, 1.54) is 35.7 Å². The number of nitrogens with zero attached hydrogens (tertiary/aromatic N) is 2. The highest BCUT2D eigenvalue weighted by Crippen LogP contribution is 2.20. The minimum absolute atomic E-state index is 0.549. The van der Waals surface area contributed by atoms with E-state index in [9.17, 15) is 0 Å². The average molecular weight is 308 g/mol. The molecular formula is C14H20N4S2. The highest BCUT2D eigenvalue weighted by Gasteiger charge is 2.24. The van der Waals surface area contributed by atoms with Gasteiger partial charge < -0.3 is 10.6 Å². The SMILES string of the molecule is c1csc(CN[C@H]2CCCC[C@@H]2NCc2nccs2)n1. The third kappa shape index (κ3) is 3.85. The first-order valence-corrected chi connectivity index (χ1v) is 8.91. The van der Waals surface area contributed by atoms with Crippen LogP contribution in [0, 0.1) is 0 Å². The monoisotopic (exact) mass is 308 g/mol. The summed E-state index contributed by atoms with van der Waals surface area (Å²) in [6, 6.07) is 1.10. The molecule has 6 heteroatoms. The van der Waals surface area contributed by atoms with Crippen molar-refractivity contribution >= 4 is 22.7 Å². The molecule has 0 aliphatic heterocycles. The van der Waals surface area contributed by atoms with Crippen molar-refractivity contribution in [3.63, 3.8) is 0 Å². The molecule has 0 aromatic carbocycles. The lowest BCUT2D eigenvalue weighted by atomic mass is 9.90. The molecule has 2 atom stereocenters. The second-order valence-electron chi connectivity index (χ2n) is 5.11. The number of aromatic nitrogens is 2. The van der Waals surface area contributed by atoms with Gasteiger partial charge in [0.1, 0.15) is 10.0 Å². The van der Waals surface area contributed by atoms with Crippen LogP contribution in [0.25, 0.3) is 0 Å². The van der Waals surface area contributed by atoms with Gasteiger partial charge in [0.25, 0.3) is 0 Å². The van der Waals surface area contributed by atoms with Gasteiger partial charge in [0, 0.05) is 48.3 Å². The zero-order valence-corrected chi connectivity index (χ0v) is 13.1. The molecule has 108 valence electrons. The first kappa shape index (κ1) is 14.1. The van der Waals surface area contributed by atoms with Gasteiger partial charge in [-0.2, -0.15) is 0 Å². The zero-order chi connectivity index (χ0) is 13.6. The van der Waals surface area contributed by atoms with Crippen molar-refractivity contribution in [2.24, 2.45) is 0 Å². The first-order chi connectivity index (χ1) is 9.92. The van der Waals surface area contributed by atoms with E-state index in [0.29, 0.717) is 12.1 Å². The van der Waals surface area contributed by atoms with Crippen LogP contribution in [-0.4, -0.2) is 22.1 Å². The van der Waals surface area contributed by atoms with E-state index < -0.39 is 0 Å². The van der Waals surface area contributed by atoms with Crippen LogP contribution >= 0.6 is 22.7 Å². The molecule has 2 N–H and O–H groups in total. The summed E-state index contributed by atoms with van der Waals surface area (Å²) in [5.41, 5.74) is 0. The summed E-state index contributed by atoms with van der Waals surface area (Å²) in [6.07, 6.45) is 8.90. The van der Waals surface area contributed by atoms with Gasteiger partial charge >= 0.3 is 0 Å². The van der Waals surface area contributed by atoms with Crippen molar-refractivity contribution in [1.82, 2.24) is 20.6 Å². The number of rotatable bonds is 6. The fraction of sp³-hybridized carbons (Fsp3) is 0.571. The maximum absolute atomic E-state index is 4.34. The molecule has 1 aliphatic carbocycles. The Bertz CT molecular complexity index is 437. The topological polar surface area (TPSA) is 49.8 Å². The van der Waals surface area contributed by atoms with E-state index in [0.717, 1.165) is 13.1 Å². The predicted molar refractivity (Wildman–Crippen MR) is 84.0 cm³/mol. The summed E-state index contributed by atoms with van der Waals surface area (Å²) in [5, 5.41) is 13.8. The molecule has 20 heavy (non-hydrogen) atoms. The minimum Gasteiger partial charge on any atom is -0.306 e. The third-order valence-corrected chi connectivity index (χ3v) is 5.32. The smallest absolute Gasteiger partial charge is 0.106 e. The molecule has 1 saturated carbocycles. The fourth-order valence-corrected chi connectivity index (χ4v) is 3.87. The minimum atomic E-state index is 0.549. The normalized spacial score (nSPS) is 23.0. The van der Waals surface area contributed by atoms with Gasteiger partial charge in [-0.15, -0.1) is 22.7 Å². The second-order valence-corrected chi connectivity index (χ2v) is 7.07. The van der Waals surface area contributed by atoms with Crippen LogP contribution in [-0.2, 0) is 13.1 Å². The van der Waals surface area contributed by atoms with Gasteiger partial charge in [-0.3, -0.25) is 0 Å². The molecule has 0 bridgehead atoms. The van der Waals surface area contributed by atoms with Gasteiger partial charge in [-0.1, -0.05) is 12.8 Å². The van der Waals surface area contributed by atoms with Crippen molar-refractivity contribution in [2.45, 2.75) is 50.9 Å². The molecule has 2 aromatic heterocycles. The third-order valence-electron chi connectivity index (χ3n) is 3.76. The van der Waals surface area contributed by atoms with E-state index in [1.54, 1.807) is 22.7 Å². The van der Waals surface area contributed by atoms with Crippen LogP contribution in [0.2, 0.25) is 0 Å². The van der Waals surface area contributed by atoms with Crippen molar-refractivity contribution < 1.29 is 0 Å². The molecular weight excluding hydrogens is 288 g/mol. The Labute approximate surface area is 127 Å². The van der Waals surface area contributed by atoms with Crippen LogP contribution in [0.15, 0.2) is 23.2 Å². The Morgan fingerprint density at radius 3 is 1.80 bits per heavy atom. The summed E-state index contributed by atoms with van der Waals surface area (Å²) in [7, 11) is 0. The van der Waals surface area contributed by atoms with Crippen LogP contribution in [0.1, 0.15) is 35.7 Å². The summed E-state index contributed by atoms with van der Waals surface area (Å²) >= 11 is 3.44. The van der Waals surface area contributed by atoms with Crippen LogP contribution in [0.3, 0.4) is 0 Å². The van der Waals surface area contributed by atoms with E-state index in [4.69, 9.17) is 0 Å². The largest absolute Gasteiger partial charge is 0.306 e. The Morgan fingerprint density at radius 2 is 1.40 bits per heavy atom. The van der Waals surface area contributed by atoms with E-state index >= 15 is 0 Å². The maximum Gasteiger partial charge on any atom is 0.106 e.